The number of esters is 1. The topological polar surface area (TPSA) is 56.5 Å². The third-order valence-corrected chi connectivity index (χ3v) is 1.55. The van der Waals surface area contributed by atoms with Crippen molar-refractivity contribution in [2.24, 2.45) is 0 Å². The molecular formula is C9H10O4. The molecule has 1 aromatic rings. The van der Waals surface area contributed by atoms with Crippen LogP contribution < -0.4 is 0 Å². The summed E-state index contributed by atoms with van der Waals surface area (Å²) in [6.45, 7) is 1.73. The average molecular weight is 182 g/mol. The quantitative estimate of drug-likeness (QED) is 0.402. The summed E-state index contributed by atoms with van der Waals surface area (Å²) in [6, 6.07) is 3.21. The Morgan fingerprint density at radius 2 is 2.15 bits per heavy atom. The zero-order valence-electron chi connectivity index (χ0n) is 7.49. The Hall–Kier alpha value is -1.58. The van der Waals surface area contributed by atoms with Gasteiger partial charge in [0.15, 0.2) is 5.76 Å². The third-order valence-electron chi connectivity index (χ3n) is 1.55. The monoisotopic (exact) mass is 182 g/mol. The predicted molar refractivity (Wildman–Crippen MR) is 44.4 cm³/mol. The van der Waals surface area contributed by atoms with Gasteiger partial charge in [0, 0.05) is 0 Å². The number of hydrogen-bond acceptors (Lipinski definition) is 4. The van der Waals surface area contributed by atoms with Crippen LogP contribution in [0.5, 0.6) is 0 Å². The van der Waals surface area contributed by atoms with Crippen LogP contribution in [0.4, 0.5) is 0 Å². The molecule has 1 rings (SSSR count). The standard InChI is InChI=1S/C9H10O4/c1-6-3-4-8(13-6)7(10)5-9(11)12-2/h3-4H,5H2,1-2H3. The summed E-state index contributed by atoms with van der Waals surface area (Å²) in [5.74, 6) is -0.0740. The molecule has 4 nitrogen and oxygen atoms in total. The van der Waals surface area contributed by atoms with Gasteiger partial charge in [-0.3, -0.25) is 9.59 Å². The number of aryl methyl sites for hydroxylation is 1. The van der Waals surface area contributed by atoms with Crippen LogP contribution in [0, 0.1) is 6.92 Å². The van der Waals surface area contributed by atoms with Gasteiger partial charge in [0.25, 0.3) is 0 Å². The van der Waals surface area contributed by atoms with Crippen molar-refractivity contribution in [3.05, 3.63) is 23.7 Å². The lowest BCUT2D eigenvalue weighted by Gasteiger charge is -1.95. The second-order valence-electron chi connectivity index (χ2n) is 2.59. The lowest BCUT2D eigenvalue weighted by Crippen LogP contribution is -2.08. The average Bonchev–Trinajstić information content (AvgIpc) is 2.51. The molecule has 0 N–H and O–H groups in total. The molecule has 1 heterocycles. The number of ketones is 1. The first-order valence-electron chi connectivity index (χ1n) is 3.80. The molecule has 0 radical (unpaired) electrons. The highest BCUT2D eigenvalue weighted by Crippen LogP contribution is 2.08. The van der Waals surface area contributed by atoms with Crippen LogP contribution >= 0.6 is 0 Å². The first kappa shape index (κ1) is 9.51. The minimum atomic E-state index is -0.556. The summed E-state index contributed by atoms with van der Waals surface area (Å²) in [5.41, 5.74) is 0. The molecular weight excluding hydrogens is 172 g/mol. The fourth-order valence-electron chi connectivity index (χ4n) is 0.875. The number of carbonyl (C=O) groups excluding carboxylic acids is 2. The molecule has 0 saturated heterocycles. The number of ether oxygens (including phenoxy) is 1. The maximum Gasteiger partial charge on any atom is 0.313 e. The molecule has 0 amide bonds. The summed E-state index contributed by atoms with van der Waals surface area (Å²) < 4.78 is 9.38. The van der Waals surface area contributed by atoms with Crippen molar-refractivity contribution in [3.8, 4) is 0 Å². The van der Waals surface area contributed by atoms with Crippen molar-refractivity contribution in [1.29, 1.82) is 0 Å². The fraction of sp³-hybridized carbons (Fsp3) is 0.333. The normalized spacial score (nSPS) is 9.69. The maximum absolute atomic E-state index is 11.2. The van der Waals surface area contributed by atoms with E-state index in [2.05, 4.69) is 4.74 Å². The van der Waals surface area contributed by atoms with Gasteiger partial charge in [-0.25, -0.2) is 0 Å². The summed E-state index contributed by atoms with van der Waals surface area (Å²) >= 11 is 0. The van der Waals surface area contributed by atoms with E-state index < -0.39 is 5.97 Å². The number of methoxy groups -OCH3 is 1. The molecule has 0 fully saturated rings. The molecule has 13 heavy (non-hydrogen) atoms. The molecule has 0 bridgehead atoms. The van der Waals surface area contributed by atoms with E-state index in [0.717, 1.165) is 0 Å². The number of Topliss-reactive ketones (excluding diaryl/α,β-unsaturated/α-hetero) is 1. The molecule has 0 unspecified atom stereocenters. The Labute approximate surface area is 75.5 Å². The van der Waals surface area contributed by atoms with E-state index in [-0.39, 0.29) is 18.0 Å². The third kappa shape index (κ3) is 2.43. The SMILES string of the molecule is COC(=O)CC(=O)c1ccc(C)o1. The summed E-state index contributed by atoms with van der Waals surface area (Å²) in [7, 11) is 1.24. The summed E-state index contributed by atoms with van der Waals surface area (Å²) in [4.78, 5) is 22.0. The number of hydrogen-bond donors (Lipinski definition) is 0. The van der Waals surface area contributed by atoms with Gasteiger partial charge in [-0.2, -0.15) is 0 Å². The van der Waals surface area contributed by atoms with Gasteiger partial charge in [0.1, 0.15) is 12.2 Å². The minimum absolute atomic E-state index is 0.197. The Bertz CT molecular complexity index is 324. The Kier molecular flexibility index (Phi) is 2.84. The Morgan fingerprint density at radius 3 is 2.62 bits per heavy atom. The molecule has 70 valence electrons. The smallest absolute Gasteiger partial charge is 0.313 e. The lowest BCUT2D eigenvalue weighted by atomic mass is 10.2. The molecule has 1 aromatic heterocycles. The van der Waals surface area contributed by atoms with E-state index in [9.17, 15) is 9.59 Å². The van der Waals surface area contributed by atoms with Gasteiger partial charge < -0.3 is 9.15 Å². The fourth-order valence-corrected chi connectivity index (χ4v) is 0.875. The van der Waals surface area contributed by atoms with E-state index in [1.807, 2.05) is 0 Å². The molecule has 0 spiro atoms. The maximum atomic E-state index is 11.2. The predicted octanol–water partition coefficient (Wildman–Crippen LogP) is 1.33. The van der Waals surface area contributed by atoms with Crippen molar-refractivity contribution in [2.75, 3.05) is 7.11 Å². The van der Waals surface area contributed by atoms with Crippen molar-refractivity contribution in [2.45, 2.75) is 13.3 Å². The largest absolute Gasteiger partial charge is 0.469 e. The molecule has 4 heteroatoms. The van der Waals surface area contributed by atoms with Gasteiger partial charge in [-0.1, -0.05) is 0 Å². The van der Waals surface area contributed by atoms with Crippen molar-refractivity contribution >= 4 is 11.8 Å². The van der Waals surface area contributed by atoms with Crippen LogP contribution in [0.25, 0.3) is 0 Å². The van der Waals surface area contributed by atoms with Crippen LogP contribution in [0.1, 0.15) is 22.7 Å². The van der Waals surface area contributed by atoms with Crippen LogP contribution in [0.2, 0.25) is 0 Å². The second kappa shape index (κ2) is 3.89. The molecule has 0 aliphatic heterocycles. The van der Waals surface area contributed by atoms with Crippen molar-refractivity contribution < 1.29 is 18.7 Å². The zero-order valence-corrected chi connectivity index (χ0v) is 7.49. The highest BCUT2D eigenvalue weighted by atomic mass is 16.5. The van der Waals surface area contributed by atoms with Crippen LogP contribution in [0.3, 0.4) is 0 Å². The van der Waals surface area contributed by atoms with E-state index >= 15 is 0 Å². The second-order valence-corrected chi connectivity index (χ2v) is 2.59. The Balaban J connectivity index is 2.64. The highest BCUT2D eigenvalue weighted by molar-refractivity contribution is 6.04. The highest BCUT2D eigenvalue weighted by Gasteiger charge is 2.14. The van der Waals surface area contributed by atoms with Gasteiger partial charge >= 0.3 is 5.97 Å². The molecule has 0 atom stereocenters. The van der Waals surface area contributed by atoms with E-state index in [4.69, 9.17) is 4.42 Å². The Morgan fingerprint density at radius 1 is 1.46 bits per heavy atom. The van der Waals surface area contributed by atoms with Crippen LogP contribution in [-0.4, -0.2) is 18.9 Å². The zero-order chi connectivity index (χ0) is 9.84. The summed E-state index contributed by atoms with van der Waals surface area (Å²) in [6.07, 6.45) is -0.274. The lowest BCUT2D eigenvalue weighted by molar-refractivity contribution is -0.139. The van der Waals surface area contributed by atoms with Gasteiger partial charge in [0.2, 0.25) is 5.78 Å². The number of rotatable bonds is 3. The van der Waals surface area contributed by atoms with E-state index in [0.29, 0.717) is 5.76 Å². The van der Waals surface area contributed by atoms with Crippen molar-refractivity contribution in [3.63, 3.8) is 0 Å². The van der Waals surface area contributed by atoms with Crippen molar-refractivity contribution in [1.82, 2.24) is 0 Å². The van der Waals surface area contributed by atoms with E-state index in [1.165, 1.54) is 7.11 Å². The van der Waals surface area contributed by atoms with Gasteiger partial charge in [0.05, 0.1) is 7.11 Å². The first-order chi connectivity index (χ1) is 6.13. The summed E-state index contributed by atoms with van der Waals surface area (Å²) in [5, 5.41) is 0. The molecule has 0 aromatic carbocycles. The molecule has 0 aliphatic carbocycles. The first-order valence-corrected chi connectivity index (χ1v) is 3.80. The number of furan rings is 1. The van der Waals surface area contributed by atoms with E-state index in [1.54, 1.807) is 19.1 Å². The molecule has 0 saturated carbocycles. The molecule has 0 aliphatic rings. The minimum Gasteiger partial charge on any atom is -0.469 e. The van der Waals surface area contributed by atoms with Crippen LogP contribution in [-0.2, 0) is 9.53 Å². The van der Waals surface area contributed by atoms with Gasteiger partial charge in [-0.05, 0) is 19.1 Å². The van der Waals surface area contributed by atoms with Gasteiger partial charge in [-0.15, -0.1) is 0 Å². The number of carbonyl (C=O) groups is 2. The van der Waals surface area contributed by atoms with Crippen LogP contribution in [0.15, 0.2) is 16.5 Å².